The third-order valence-electron chi connectivity index (χ3n) is 2.77. The van der Waals surface area contributed by atoms with Crippen LogP contribution in [0.3, 0.4) is 0 Å². The van der Waals surface area contributed by atoms with Crippen LogP contribution in [0, 0.1) is 0 Å². The molecule has 0 amide bonds. The van der Waals surface area contributed by atoms with Gasteiger partial charge in [-0.25, -0.2) is 4.79 Å². The largest absolute Gasteiger partial charge is 0.479 e. The van der Waals surface area contributed by atoms with E-state index in [2.05, 4.69) is 15.3 Å². The van der Waals surface area contributed by atoms with Crippen molar-refractivity contribution in [1.29, 1.82) is 0 Å². The van der Waals surface area contributed by atoms with Gasteiger partial charge in [-0.2, -0.15) is 4.98 Å². The predicted molar refractivity (Wildman–Crippen MR) is 67.2 cm³/mol. The maximum atomic E-state index is 11.4. The minimum Gasteiger partial charge on any atom is -0.479 e. The maximum Gasteiger partial charge on any atom is 0.331 e. The smallest absolute Gasteiger partial charge is 0.331 e. The number of aliphatic carboxylic acids is 1. The molecule has 2 N–H and O–H groups in total. The topological polar surface area (TPSA) is 93.6 Å². The van der Waals surface area contributed by atoms with Crippen LogP contribution in [-0.4, -0.2) is 45.9 Å². The molecule has 1 aromatic rings. The Morgan fingerprint density at radius 3 is 2.95 bits per heavy atom. The zero-order chi connectivity index (χ0) is 13.9. The van der Waals surface area contributed by atoms with Gasteiger partial charge >= 0.3 is 5.97 Å². The van der Waals surface area contributed by atoms with Gasteiger partial charge in [0.2, 0.25) is 5.88 Å². The summed E-state index contributed by atoms with van der Waals surface area (Å²) in [5, 5.41) is 12.2. The maximum absolute atomic E-state index is 11.4. The molecule has 2 rings (SSSR count). The van der Waals surface area contributed by atoms with Crippen molar-refractivity contribution in [3.8, 4) is 5.88 Å². The zero-order valence-corrected chi connectivity index (χ0v) is 10.9. The number of aromatic nitrogens is 2. The molecule has 1 fully saturated rings. The Morgan fingerprint density at radius 2 is 2.37 bits per heavy atom. The first kappa shape index (κ1) is 13.5. The van der Waals surface area contributed by atoms with E-state index in [1.165, 1.54) is 12.4 Å². The van der Waals surface area contributed by atoms with Gasteiger partial charge < -0.3 is 19.9 Å². The number of ether oxygens (including phenoxy) is 2. The van der Waals surface area contributed by atoms with E-state index in [9.17, 15) is 9.90 Å². The molecule has 0 saturated carbocycles. The van der Waals surface area contributed by atoms with Gasteiger partial charge in [-0.05, 0) is 13.8 Å². The summed E-state index contributed by atoms with van der Waals surface area (Å²) in [4.78, 5) is 19.5. The molecule has 0 spiro atoms. The van der Waals surface area contributed by atoms with Gasteiger partial charge in [0.15, 0.2) is 5.54 Å². The Kier molecular flexibility index (Phi) is 3.84. The molecule has 0 aliphatic carbocycles. The lowest BCUT2D eigenvalue weighted by Gasteiger charge is -2.24. The van der Waals surface area contributed by atoms with E-state index >= 15 is 0 Å². The van der Waals surface area contributed by atoms with Crippen LogP contribution in [0.1, 0.15) is 20.3 Å². The lowest BCUT2D eigenvalue weighted by atomic mass is 9.99. The molecule has 1 aliphatic rings. The Labute approximate surface area is 111 Å². The lowest BCUT2D eigenvalue weighted by Crippen LogP contribution is -2.47. The molecule has 1 aromatic heterocycles. The molecule has 1 atom stereocenters. The van der Waals surface area contributed by atoms with Crippen LogP contribution in [0.15, 0.2) is 12.4 Å². The molecular weight excluding hydrogens is 250 g/mol. The molecule has 1 saturated heterocycles. The van der Waals surface area contributed by atoms with Crippen molar-refractivity contribution < 1.29 is 19.4 Å². The third kappa shape index (κ3) is 3.11. The van der Waals surface area contributed by atoms with E-state index in [1.807, 2.05) is 13.8 Å². The number of nitrogens with one attached hydrogen (secondary N) is 1. The number of hydrogen-bond donors (Lipinski definition) is 2. The molecule has 19 heavy (non-hydrogen) atoms. The van der Waals surface area contributed by atoms with Crippen molar-refractivity contribution >= 4 is 11.8 Å². The molecule has 0 aromatic carbocycles. The second kappa shape index (κ2) is 5.40. The van der Waals surface area contributed by atoms with Gasteiger partial charge in [-0.15, -0.1) is 0 Å². The van der Waals surface area contributed by atoms with Gasteiger partial charge in [0.25, 0.3) is 0 Å². The van der Waals surface area contributed by atoms with Gasteiger partial charge in [0.05, 0.1) is 25.1 Å². The van der Waals surface area contributed by atoms with Crippen molar-refractivity contribution in [3.05, 3.63) is 12.4 Å². The molecule has 1 aliphatic heterocycles. The summed E-state index contributed by atoms with van der Waals surface area (Å²) >= 11 is 0. The lowest BCUT2D eigenvalue weighted by molar-refractivity contribution is -0.142. The fourth-order valence-corrected chi connectivity index (χ4v) is 1.84. The molecule has 7 nitrogen and oxygen atoms in total. The molecule has 0 bridgehead atoms. The molecule has 0 radical (unpaired) electrons. The minimum absolute atomic E-state index is 0.0206. The van der Waals surface area contributed by atoms with E-state index in [0.717, 1.165) is 0 Å². The summed E-state index contributed by atoms with van der Waals surface area (Å²) in [7, 11) is 0. The first-order valence-electron chi connectivity index (χ1n) is 6.10. The average Bonchev–Trinajstić information content (AvgIpc) is 2.78. The van der Waals surface area contributed by atoms with Crippen molar-refractivity contribution in [3.63, 3.8) is 0 Å². The van der Waals surface area contributed by atoms with Crippen LogP contribution in [0.2, 0.25) is 0 Å². The third-order valence-corrected chi connectivity index (χ3v) is 2.77. The van der Waals surface area contributed by atoms with Gasteiger partial charge in [0, 0.05) is 13.0 Å². The Hall–Kier alpha value is -1.89. The van der Waals surface area contributed by atoms with Gasteiger partial charge in [0.1, 0.15) is 5.82 Å². The van der Waals surface area contributed by atoms with E-state index in [-0.39, 0.29) is 12.7 Å². The van der Waals surface area contributed by atoms with Crippen molar-refractivity contribution in [2.75, 3.05) is 18.5 Å². The van der Waals surface area contributed by atoms with Crippen molar-refractivity contribution in [2.24, 2.45) is 0 Å². The highest BCUT2D eigenvalue weighted by molar-refractivity contribution is 5.83. The van der Waals surface area contributed by atoms with Crippen LogP contribution in [0.4, 0.5) is 5.82 Å². The summed E-state index contributed by atoms with van der Waals surface area (Å²) in [6.45, 7) is 4.28. The zero-order valence-electron chi connectivity index (χ0n) is 10.9. The van der Waals surface area contributed by atoms with Crippen LogP contribution in [-0.2, 0) is 9.53 Å². The van der Waals surface area contributed by atoms with Crippen LogP contribution >= 0.6 is 0 Å². The fourth-order valence-electron chi connectivity index (χ4n) is 1.84. The highest BCUT2D eigenvalue weighted by atomic mass is 16.5. The van der Waals surface area contributed by atoms with Crippen LogP contribution in [0.5, 0.6) is 5.88 Å². The molecular formula is C12H17N3O4. The molecule has 1 unspecified atom stereocenters. The summed E-state index contributed by atoms with van der Waals surface area (Å²) in [6.07, 6.45) is 3.33. The number of rotatable bonds is 5. The predicted octanol–water partition coefficient (Wildman–Crippen LogP) is 0.919. The normalized spacial score (nSPS) is 22.5. The standard InChI is InChI=1S/C12H17N3O4/c1-8(2)19-10-6-13-5-9(14-10)15-12(11(16)17)3-4-18-7-12/h5-6,8H,3-4,7H2,1-2H3,(H,14,15)(H,16,17). The van der Waals surface area contributed by atoms with Gasteiger partial charge in [-0.3, -0.25) is 4.98 Å². The fraction of sp³-hybridized carbons (Fsp3) is 0.583. The molecule has 2 heterocycles. The minimum atomic E-state index is -1.13. The summed E-state index contributed by atoms with van der Waals surface area (Å²) in [5.74, 6) is -0.229. The monoisotopic (exact) mass is 267 g/mol. The van der Waals surface area contributed by atoms with Crippen LogP contribution < -0.4 is 10.1 Å². The average molecular weight is 267 g/mol. The highest BCUT2D eigenvalue weighted by Crippen LogP contribution is 2.24. The summed E-state index contributed by atoms with van der Waals surface area (Å²) in [6, 6.07) is 0. The Balaban J connectivity index is 2.15. The van der Waals surface area contributed by atoms with Gasteiger partial charge in [-0.1, -0.05) is 0 Å². The molecule has 104 valence electrons. The molecule has 7 heteroatoms. The highest BCUT2D eigenvalue weighted by Gasteiger charge is 2.43. The first-order chi connectivity index (χ1) is 9.02. The SMILES string of the molecule is CC(C)Oc1cncc(NC2(C(=O)O)CCOC2)n1. The number of carboxylic acid groups (broad SMARTS) is 1. The quantitative estimate of drug-likeness (QED) is 0.819. The number of anilines is 1. The van der Waals surface area contributed by atoms with Crippen LogP contribution in [0.25, 0.3) is 0 Å². The number of carboxylic acids is 1. The Morgan fingerprint density at radius 1 is 1.58 bits per heavy atom. The number of carbonyl (C=O) groups is 1. The number of nitrogens with zero attached hydrogens (tertiary/aromatic N) is 2. The second-order valence-corrected chi connectivity index (χ2v) is 4.72. The van der Waals surface area contributed by atoms with Crippen molar-refractivity contribution in [2.45, 2.75) is 31.9 Å². The number of hydrogen-bond acceptors (Lipinski definition) is 6. The van der Waals surface area contributed by atoms with E-state index in [0.29, 0.717) is 24.7 Å². The van der Waals surface area contributed by atoms with Crippen molar-refractivity contribution in [1.82, 2.24) is 9.97 Å². The van der Waals surface area contributed by atoms with E-state index in [4.69, 9.17) is 9.47 Å². The first-order valence-corrected chi connectivity index (χ1v) is 6.10. The summed E-state index contributed by atoms with van der Waals surface area (Å²) < 4.78 is 10.6. The van der Waals surface area contributed by atoms with E-state index < -0.39 is 11.5 Å². The Bertz CT molecular complexity index is 458. The second-order valence-electron chi connectivity index (χ2n) is 4.72. The van der Waals surface area contributed by atoms with E-state index in [1.54, 1.807) is 0 Å². The summed E-state index contributed by atoms with van der Waals surface area (Å²) in [5.41, 5.74) is -1.13.